The van der Waals surface area contributed by atoms with Crippen LogP contribution in [0.15, 0.2) is 48.5 Å². The van der Waals surface area contributed by atoms with Crippen LogP contribution in [-0.2, 0) is 0 Å². The van der Waals surface area contributed by atoms with Crippen LogP contribution in [0.2, 0.25) is 0 Å². The first-order valence-electron chi connectivity index (χ1n) is 7.15. The summed E-state index contributed by atoms with van der Waals surface area (Å²) in [6.45, 7) is 2.42. The number of nitrogens with one attached hydrogen (secondary N) is 1. The molecule has 1 heterocycles. The lowest BCUT2D eigenvalue weighted by molar-refractivity contribution is 0.412. The van der Waals surface area contributed by atoms with Gasteiger partial charge in [0.2, 0.25) is 0 Å². The maximum Gasteiger partial charge on any atom is 0.146 e. The molecule has 21 heavy (non-hydrogen) atoms. The number of rotatable bonds is 3. The zero-order valence-electron chi connectivity index (χ0n) is 12.1. The predicted octanol–water partition coefficient (Wildman–Crippen LogP) is 2.99. The second-order valence-corrected chi connectivity index (χ2v) is 5.14. The van der Waals surface area contributed by atoms with Crippen LogP contribution in [0.5, 0.6) is 5.75 Å². The quantitative estimate of drug-likeness (QED) is 0.939. The molecule has 1 atom stereocenters. The number of hydrogen-bond acceptors (Lipinski definition) is 3. The second-order valence-electron chi connectivity index (χ2n) is 5.14. The monoisotopic (exact) mass is 286 g/mol. The van der Waals surface area contributed by atoms with Gasteiger partial charge < -0.3 is 15.0 Å². The molecular weight excluding hydrogens is 267 g/mol. The number of anilines is 1. The number of benzene rings is 2. The lowest BCUT2D eigenvalue weighted by atomic mass is 10.0. The van der Waals surface area contributed by atoms with Crippen LogP contribution in [0.25, 0.3) is 0 Å². The van der Waals surface area contributed by atoms with Crippen LogP contribution in [0.1, 0.15) is 11.6 Å². The SMILES string of the molecule is COc1ccc(F)c(N2CCNCC2c2ccccc2)c1. The highest BCUT2D eigenvalue weighted by Crippen LogP contribution is 2.32. The van der Waals surface area contributed by atoms with E-state index < -0.39 is 0 Å². The third-order valence-corrected chi connectivity index (χ3v) is 3.89. The summed E-state index contributed by atoms with van der Waals surface area (Å²) < 4.78 is 19.5. The molecule has 1 aliphatic heterocycles. The smallest absolute Gasteiger partial charge is 0.146 e. The first-order chi connectivity index (χ1) is 10.3. The van der Waals surface area contributed by atoms with E-state index in [1.54, 1.807) is 19.2 Å². The van der Waals surface area contributed by atoms with Gasteiger partial charge in [0.15, 0.2) is 0 Å². The summed E-state index contributed by atoms with van der Waals surface area (Å²) in [5.41, 5.74) is 1.79. The molecule has 1 saturated heterocycles. The highest BCUT2D eigenvalue weighted by atomic mass is 19.1. The van der Waals surface area contributed by atoms with Crippen molar-refractivity contribution in [3.63, 3.8) is 0 Å². The number of nitrogens with zero attached hydrogens (tertiary/aromatic N) is 1. The van der Waals surface area contributed by atoms with Gasteiger partial charge in [0.1, 0.15) is 11.6 Å². The number of methoxy groups -OCH3 is 1. The molecule has 2 aromatic rings. The van der Waals surface area contributed by atoms with E-state index in [-0.39, 0.29) is 11.9 Å². The summed E-state index contributed by atoms with van der Waals surface area (Å²) in [4.78, 5) is 2.11. The van der Waals surface area contributed by atoms with Crippen LogP contribution in [0.3, 0.4) is 0 Å². The van der Waals surface area contributed by atoms with Crippen molar-refractivity contribution in [3.05, 3.63) is 59.9 Å². The van der Waals surface area contributed by atoms with Crippen molar-refractivity contribution in [2.75, 3.05) is 31.6 Å². The molecule has 1 aliphatic rings. The minimum atomic E-state index is -0.210. The average Bonchev–Trinajstić information content (AvgIpc) is 2.56. The lowest BCUT2D eigenvalue weighted by Gasteiger charge is -2.38. The minimum absolute atomic E-state index is 0.126. The summed E-state index contributed by atoms with van der Waals surface area (Å²) in [5, 5.41) is 3.39. The molecule has 0 aromatic heterocycles. The Morgan fingerprint density at radius 1 is 1.19 bits per heavy atom. The van der Waals surface area contributed by atoms with E-state index in [0.717, 1.165) is 19.6 Å². The topological polar surface area (TPSA) is 24.5 Å². The van der Waals surface area contributed by atoms with Crippen LogP contribution in [0.4, 0.5) is 10.1 Å². The van der Waals surface area contributed by atoms with Crippen LogP contribution >= 0.6 is 0 Å². The fourth-order valence-corrected chi connectivity index (χ4v) is 2.81. The van der Waals surface area contributed by atoms with E-state index in [9.17, 15) is 4.39 Å². The summed E-state index contributed by atoms with van der Waals surface area (Å²) in [6.07, 6.45) is 0. The van der Waals surface area contributed by atoms with E-state index in [4.69, 9.17) is 4.74 Å². The normalized spacial score (nSPS) is 18.6. The molecule has 0 saturated carbocycles. The fourth-order valence-electron chi connectivity index (χ4n) is 2.81. The van der Waals surface area contributed by atoms with E-state index in [0.29, 0.717) is 11.4 Å². The molecule has 0 bridgehead atoms. The highest BCUT2D eigenvalue weighted by molar-refractivity contribution is 5.54. The predicted molar refractivity (Wildman–Crippen MR) is 82.4 cm³/mol. The van der Waals surface area contributed by atoms with Gasteiger partial charge in [-0.1, -0.05) is 30.3 Å². The number of ether oxygens (including phenoxy) is 1. The van der Waals surface area contributed by atoms with Gasteiger partial charge in [-0.05, 0) is 17.7 Å². The Morgan fingerprint density at radius 2 is 2.00 bits per heavy atom. The number of piperazine rings is 1. The van der Waals surface area contributed by atoms with Crippen molar-refractivity contribution in [3.8, 4) is 5.75 Å². The van der Waals surface area contributed by atoms with E-state index in [1.165, 1.54) is 11.6 Å². The molecule has 3 rings (SSSR count). The first-order valence-corrected chi connectivity index (χ1v) is 7.15. The van der Waals surface area contributed by atoms with Gasteiger partial charge in [0.25, 0.3) is 0 Å². The lowest BCUT2D eigenvalue weighted by Crippen LogP contribution is -2.46. The van der Waals surface area contributed by atoms with Gasteiger partial charge in [-0.3, -0.25) is 0 Å². The molecule has 1 unspecified atom stereocenters. The van der Waals surface area contributed by atoms with Gasteiger partial charge in [-0.2, -0.15) is 0 Å². The molecule has 0 amide bonds. The molecule has 1 N–H and O–H groups in total. The van der Waals surface area contributed by atoms with Gasteiger partial charge in [-0.15, -0.1) is 0 Å². The zero-order chi connectivity index (χ0) is 14.7. The second kappa shape index (κ2) is 6.14. The molecule has 2 aromatic carbocycles. The fraction of sp³-hybridized carbons (Fsp3) is 0.294. The zero-order valence-corrected chi connectivity index (χ0v) is 12.1. The molecule has 0 radical (unpaired) electrons. The molecule has 3 nitrogen and oxygen atoms in total. The summed E-state index contributed by atoms with van der Waals surface area (Å²) in [5.74, 6) is 0.468. The standard InChI is InChI=1S/C17H19FN2O/c1-21-14-7-8-15(18)16(11-14)20-10-9-19-12-17(20)13-5-3-2-4-6-13/h2-8,11,17,19H,9-10,12H2,1H3. The van der Waals surface area contributed by atoms with Crippen molar-refractivity contribution in [1.82, 2.24) is 5.32 Å². The highest BCUT2D eigenvalue weighted by Gasteiger charge is 2.26. The Labute approximate surface area is 124 Å². The van der Waals surface area contributed by atoms with Gasteiger partial charge in [0.05, 0.1) is 18.8 Å². The van der Waals surface area contributed by atoms with Crippen molar-refractivity contribution < 1.29 is 9.13 Å². The van der Waals surface area contributed by atoms with Crippen molar-refractivity contribution in [1.29, 1.82) is 0 Å². The minimum Gasteiger partial charge on any atom is -0.497 e. The van der Waals surface area contributed by atoms with E-state index in [2.05, 4.69) is 22.3 Å². The molecule has 1 fully saturated rings. The third-order valence-electron chi connectivity index (χ3n) is 3.89. The Hall–Kier alpha value is -2.07. The van der Waals surface area contributed by atoms with Crippen LogP contribution in [0, 0.1) is 5.82 Å². The largest absolute Gasteiger partial charge is 0.497 e. The van der Waals surface area contributed by atoms with E-state index >= 15 is 0 Å². The molecular formula is C17H19FN2O. The van der Waals surface area contributed by atoms with Crippen molar-refractivity contribution in [2.45, 2.75) is 6.04 Å². The van der Waals surface area contributed by atoms with Crippen molar-refractivity contribution in [2.24, 2.45) is 0 Å². The maximum atomic E-state index is 14.3. The Balaban J connectivity index is 1.98. The molecule has 0 spiro atoms. The van der Waals surface area contributed by atoms with Crippen LogP contribution in [-0.4, -0.2) is 26.7 Å². The molecule has 4 heteroatoms. The first kappa shape index (κ1) is 13.9. The number of halogens is 1. The average molecular weight is 286 g/mol. The number of hydrogen-bond donors (Lipinski definition) is 1. The van der Waals surface area contributed by atoms with Gasteiger partial charge in [-0.25, -0.2) is 4.39 Å². The van der Waals surface area contributed by atoms with Crippen molar-refractivity contribution >= 4 is 5.69 Å². The summed E-state index contributed by atoms with van der Waals surface area (Å²) in [6, 6.07) is 15.2. The summed E-state index contributed by atoms with van der Waals surface area (Å²) >= 11 is 0. The maximum absolute atomic E-state index is 14.3. The van der Waals surface area contributed by atoms with E-state index in [1.807, 2.05) is 18.2 Å². The molecule has 0 aliphatic carbocycles. The van der Waals surface area contributed by atoms with Gasteiger partial charge in [0, 0.05) is 25.7 Å². The summed E-state index contributed by atoms with van der Waals surface area (Å²) in [7, 11) is 1.60. The molecule has 110 valence electrons. The van der Waals surface area contributed by atoms with Gasteiger partial charge >= 0.3 is 0 Å². The Bertz CT molecular complexity index is 603. The Kier molecular flexibility index (Phi) is 4.06. The third kappa shape index (κ3) is 2.85. The Morgan fingerprint density at radius 3 is 2.76 bits per heavy atom. The van der Waals surface area contributed by atoms with Crippen LogP contribution < -0.4 is 15.0 Å².